The van der Waals surface area contributed by atoms with Gasteiger partial charge in [0.2, 0.25) is 0 Å². The van der Waals surface area contributed by atoms with Crippen molar-refractivity contribution in [1.82, 2.24) is 9.78 Å². The molecule has 0 saturated heterocycles. The minimum atomic E-state index is 0.0788. The SMILES string of the molecule is CC(C)(C)c1c(CBr)cnn1-c1ccccc1. The maximum atomic E-state index is 4.51. The fourth-order valence-corrected chi connectivity index (χ4v) is 2.45. The third-order valence-corrected chi connectivity index (χ3v) is 3.30. The molecule has 90 valence electrons. The summed E-state index contributed by atoms with van der Waals surface area (Å²) in [5.74, 6) is 0. The van der Waals surface area contributed by atoms with Gasteiger partial charge in [-0.1, -0.05) is 54.9 Å². The van der Waals surface area contributed by atoms with E-state index >= 15 is 0 Å². The van der Waals surface area contributed by atoms with Gasteiger partial charge in [0.05, 0.1) is 17.6 Å². The van der Waals surface area contributed by atoms with E-state index in [2.05, 4.69) is 53.9 Å². The van der Waals surface area contributed by atoms with Crippen LogP contribution in [0.3, 0.4) is 0 Å². The van der Waals surface area contributed by atoms with Crippen molar-refractivity contribution in [2.45, 2.75) is 31.5 Å². The van der Waals surface area contributed by atoms with Gasteiger partial charge in [0.15, 0.2) is 0 Å². The van der Waals surface area contributed by atoms with Crippen LogP contribution in [0.4, 0.5) is 0 Å². The normalized spacial score (nSPS) is 11.8. The van der Waals surface area contributed by atoms with Crippen molar-refractivity contribution in [2.75, 3.05) is 0 Å². The van der Waals surface area contributed by atoms with Gasteiger partial charge in [0.25, 0.3) is 0 Å². The molecule has 0 fully saturated rings. The average Bonchev–Trinajstić information content (AvgIpc) is 2.73. The Morgan fingerprint density at radius 1 is 1.18 bits per heavy atom. The predicted octanol–water partition coefficient (Wildman–Crippen LogP) is 4.06. The molecule has 0 saturated carbocycles. The Morgan fingerprint density at radius 3 is 2.35 bits per heavy atom. The zero-order valence-corrected chi connectivity index (χ0v) is 12.0. The molecule has 0 bridgehead atoms. The Hall–Kier alpha value is -1.09. The number of nitrogens with zero attached hydrogens (tertiary/aromatic N) is 2. The highest BCUT2D eigenvalue weighted by molar-refractivity contribution is 9.08. The van der Waals surface area contributed by atoms with Crippen molar-refractivity contribution in [2.24, 2.45) is 0 Å². The van der Waals surface area contributed by atoms with E-state index < -0.39 is 0 Å². The predicted molar refractivity (Wildman–Crippen MR) is 74.9 cm³/mol. The number of rotatable bonds is 2. The summed E-state index contributed by atoms with van der Waals surface area (Å²) in [6.45, 7) is 6.65. The average molecular weight is 293 g/mol. The highest BCUT2D eigenvalue weighted by atomic mass is 79.9. The Balaban J connectivity index is 2.60. The molecule has 0 N–H and O–H groups in total. The van der Waals surface area contributed by atoms with Gasteiger partial charge >= 0.3 is 0 Å². The van der Waals surface area contributed by atoms with Crippen LogP contribution in [-0.2, 0) is 10.7 Å². The molecule has 1 aromatic heterocycles. The second kappa shape index (κ2) is 4.65. The molecule has 0 spiro atoms. The third kappa shape index (κ3) is 2.44. The highest BCUT2D eigenvalue weighted by Gasteiger charge is 2.23. The molecule has 2 nitrogen and oxygen atoms in total. The molecule has 0 aliphatic rings. The molecule has 0 radical (unpaired) electrons. The molecule has 0 aliphatic heterocycles. The zero-order valence-electron chi connectivity index (χ0n) is 10.4. The van der Waals surface area contributed by atoms with Gasteiger partial charge in [0.1, 0.15) is 0 Å². The number of benzene rings is 1. The molecular weight excluding hydrogens is 276 g/mol. The summed E-state index contributed by atoms with van der Waals surface area (Å²) in [7, 11) is 0. The molecule has 17 heavy (non-hydrogen) atoms. The number of para-hydroxylation sites is 1. The van der Waals surface area contributed by atoms with Crippen LogP contribution in [0.15, 0.2) is 36.5 Å². The summed E-state index contributed by atoms with van der Waals surface area (Å²) in [5.41, 5.74) is 3.71. The first kappa shape index (κ1) is 12.4. The molecule has 0 aliphatic carbocycles. The smallest absolute Gasteiger partial charge is 0.0649 e. The topological polar surface area (TPSA) is 17.8 Å². The van der Waals surface area contributed by atoms with Crippen molar-refractivity contribution < 1.29 is 0 Å². The quantitative estimate of drug-likeness (QED) is 0.763. The third-order valence-electron chi connectivity index (χ3n) is 2.70. The fourth-order valence-electron chi connectivity index (χ4n) is 2.04. The van der Waals surface area contributed by atoms with E-state index in [0.29, 0.717) is 0 Å². The monoisotopic (exact) mass is 292 g/mol. The molecule has 0 atom stereocenters. The lowest BCUT2D eigenvalue weighted by atomic mass is 9.89. The van der Waals surface area contributed by atoms with E-state index in [1.54, 1.807) is 0 Å². The molecule has 1 heterocycles. The molecule has 0 amide bonds. The largest absolute Gasteiger partial charge is 0.237 e. The molecule has 3 heteroatoms. The number of alkyl halides is 1. The van der Waals surface area contributed by atoms with E-state index in [0.717, 1.165) is 11.0 Å². The summed E-state index contributed by atoms with van der Waals surface area (Å²) < 4.78 is 2.04. The Kier molecular flexibility index (Phi) is 3.38. The molecule has 0 unspecified atom stereocenters. The standard InChI is InChI=1S/C14H17BrN2/c1-14(2,3)13-11(9-15)10-16-17(13)12-7-5-4-6-8-12/h4-8,10H,9H2,1-3H3. The van der Waals surface area contributed by atoms with Crippen molar-refractivity contribution in [3.8, 4) is 5.69 Å². The van der Waals surface area contributed by atoms with Gasteiger partial charge in [-0.05, 0) is 12.1 Å². The Labute approximate surface area is 111 Å². The first-order chi connectivity index (χ1) is 8.04. The van der Waals surface area contributed by atoms with Crippen LogP contribution in [0.25, 0.3) is 5.69 Å². The van der Waals surface area contributed by atoms with Crippen molar-refractivity contribution in [1.29, 1.82) is 0 Å². The van der Waals surface area contributed by atoms with Gasteiger partial charge in [-0.3, -0.25) is 0 Å². The lowest BCUT2D eigenvalue weighted by molar-refractivity contribution is 0.540. The van der Waals surface area contributed by atoms with Crippen LogP contribution in [0, 0.1) is 0 Å². The fraction of sp³-hybridized carbons (Fsp3) is 0.357. The lowest BCUT2D eigenvalue weighted by Gasteiger charge is -2.22. The van der Waals surface area contributed by atoms with Crippen LogP contribution >= 0.6 is 15.9 Å². The van der Waals surface area contributed by atoms with Crippen LogP contribution in [0.1, 0.15) is 32.0 Å². The summed E-state index contributed by atoms with van der Waals surface area (Å²) in [4.78, 5) is 0. The van der Waals surface area contributed by atoms with E-state index in [9.17, 15) is 0 Å². The van der Waals surface area contributed by atoms with Crippen LogP contribution < -0.4 is 0 Å². The second-order valence-electron chi connectivity index (χ2n) is 5.15. The molecule has 2 rings (SSSR count). The summed E-state index contributed by atoms with van der Waals surface area (Å²) in [6, 6.07) is 10.3. The molecule has 2 aromatic rings. The summed E-state index contributed by atoms with van der Waals surface area (Å²) in [6.07, 6.45) is 1.95. The van der Waals surface area contributed by atoms with Gasteiger partial charge in [0, 0.05) is 16.3 Å². The van der Waals surface area contributed by atoms with Gasteiger partial charge in [-0.25, -0.2) is 4.68 Å². The number of hydrogen-bond acceptors (Lipinski definition) is 1. The maximum absolute atomic E-state index is 4.51. The van der Waals surface area contributed by atoms with Gasteiger partial charge in [-0.15, -0.1) is 0 Å². The first-order valence-corrected chi connectivity index (χ1v) is 6.85. The Bertz CT molecular complexity index is 495. The molecule has 1 aromatic carbocycles. The summed E-state index contributed by atoms with van der Waals surface area (Å²) >= 11 is 3.53. The van der Waals surface area contributed by atoms with Crippen LogP contribution in [-0.4, -0.2) is 9.78 Å². The summed E-state index contributed by atoms with van der Waals surface area (Å²) in [5, 5.41) is 5.35. The number of halogens is 1. The number of hydrogen-bond donors (Lipinski definition) is 0. The first-order valence-electron chi connectivity index (χ1n) is 5.73. The lowest BCUT2D eigenvalue weighted by Crippen LogP contribution is -2.19. The van der Waals surface area contributed by atoms with E-state index in [1.807, 2.05) is 29.1 Å². The second-order valence-corrected chi connectivity index (χ2v) is 5.71. The van der Waals surface area contributed by atoms with Crippen LogP contribution in [0.5, 0.6) is 0 Å². The van der Waals surface area contributed by atoms with Gasteiger partial charge in [-0.2, -0.15) is 5.10 Å². The molecular formula is C14H17BrN2. The minimum absolute atomic E-state index is 0.0788. The Morgan fingerprint density at radius 2 is 1.82 bits per heavy atom. The number of aromatic nitrogens is 2. The van der Waals surface area contributed by atoms with Gasteiger partial charge < -0.3 is 0 Å². The van der Waals surface area contributed by atoms with E-state index in [1.165, 1.54) is 11.3 Å². The maximum Gasteiger partial charge on any atom is 0.0649 e. The van der Waals surface area contributed by atoms with Crippen molar-refractivity contribution >= 4 is 15.9 Å². The van der Waals surface area contributed by atoms with E-state index in [-0.39, 0.29) is 5.41 Å². The minimum Gasteiger partial charge on any atom is -0.237 e. The van der Waals surface area contributed by atoms with Crippen molar-refractivity contribution in [3.63, 3.8) is 0 Å². The van der Waals surface area contributed by atoms with Crippen LogP contribution in [0.2, 0.25) is 0 Å². The van der Waals surface area contributed by atoms with E-state index in [4.69, 9.17) is 0 Å². The zero-order chi connectivity index (χ0) is 12.5. The highest BCUT2D eigenvalue weighted by Crippen LogP contribution is 2.29. The van der Waals surface area contributed by atoms with Crippen molar-refractivity contribution in [3.05, 3.63) is 47.8 Å².